The molecule has 0 atom stereocenters. The van der Waals surface area contributed by atoms with E-state index < -0.39 is 0 Å². The highest BCUT2D eigenvalue weighted by Crippen LogP contribution is 2.28. The highest BCUT2D eigenvalue weighted by atomic mass is 35.5. The molecule has 158 valence electrons. The smallest absolute Gasteiger partial charge is 0.160 e. The van der Waals surface area contributed by atoms with Crippen LogP contribution >= 0.6 is 23.2 Å². The summed E-state index contributed by atoms with van der Waals surface area (Å²) in [7, 11) is 3.33. The Balaban J connectivity index is 1.36. The Labute approximate surface area is 183 Å². The van der Waals surface area contributed by atoms with Crippen molar-refractivity contribution >= 4 is 23.2 Å². The van der Waals surface area contributed by atoms with E-state index in [0.717, 1.165) is 62.9 Å². The van der Waals surface area contributed by atoms with Crippen molar-refractivity contribution in [2.45, 2.75) is 6.42 Å². The first-order valence-corrected chi connectivity index (χ1v) is 10.6. The largest absolute Gasteiger partial charge is 0.493 e. The van der Waals surface area contributed by atoms with Crippen molar-refractivity contribution in [1.82, 2.24) is 9.80 Å². The van der Waals surface area contributed by atoms with Gasteiger partial charge in [0.1, 0.15) is 12.4 Å². The van der Waals surface area contributed by atoms with Crippen molar-refractivity contribution in [3.8, 4) is 17.2 Å². The molecule has 0 aliphatic carbocycles. The van der Waals surface area contributed by atoms with Crippen molar-refractivity contribution in [3.63, 3.8) is 0 Å². The number of methoxy groups -OCH3 is 2. The first-order chi connectivity index (χ1) is 14.1. The number of hydrogen-bond acceptors (Lipinski definition) is 5. The minimum atomic E-state index is 0.521. The summed E-state index contributed by atoms with van der Waals surface area (Å²) in [5.41, 5.74) is 1.26. The van der Waals surface area contributed by atoms with Crippen molar-refractivity contribution < 1.29 is 14.2 Å². The zero-order valence-electron chi connectivity index (χ0n) is 17.0. The Hall–Kier alpha value is -1.66. The number of halogens is 2. The Morgan fingerprint density at radius 1 is 0.793 bits per heavy atom. The molecule has 1 aliphatic rings. The van der Waals surface area contributed by atoms with Gasteiger partial charge in [0, 0.05) is 45.3 Å². The van der Waals surface area contributed by atoms with Crippen LogP contribution in [0.3, 0.4) is 0 Å². The third kappa shape index (κ3) is 6.41. The van der Waals surface area contributed by atoms with E-state index in [4.69, 9.17) is 37.4 Å². The fraction of sp³-hybridized carbons (Fsp3) is 0.455. The van der Waals surface area contributed by atoms with Gasteiger partial charge in [-0.25, -0.2) is 0 Å². The maximum Gasteiger partial charge on any atom is 0.160 e. The number of piperazine rings is 1. The second-order valence-corrected chi connectivity index (χ2v) is 7.86. The standard InChI is InChI=1S/C22H28Cl2N2O3/c1-27-21-6-3-17(15-22(21)28-2)7-8-25-9-11-26(12-10-25)13-14-29-18-4-5-19(23)20(24)16-18/h3-6,15-16H,7-14H2,1-2H3. The third-order valence-corrected chi connectivity index (χ3v) is 5.94. The minimum absolute atomic E-state index is 0.521. The van der Waals surface area contributed by atoms with Crippen LogP contribution in [0.4, 0.5) is 0 Å². The molecule has 0 aromatic heterocycles. The number of ether oxygens (including phenoxy) is 3. The molecule has 5 nitrogen and oxygen atoms in total. The van der Waals surface area contributed by atoms with E-state index in [1.54, 1.807) is 26.4 Å². The molecule has 1 aliphatic heterocycles. The molecule has 0 saturated carbocycles. The molecule has 0 radical (unpaired) electrons. The Kier molecular flexibility index (Phi) is 8.30. The summed E-state index contributed by atoms with van der Waals surface area (Å²) in [6.45, 7) is 6.84. The average Bonchev–Trinajstić information content (AvgIpc) is 2.75. The fourth-order valence-corrected chi connectivity index (χ4v) is 3.71. The highest BCUT2D eigenvalue weighted by molar-refractivity contribution is 6.42. The maximum atomic E-state index is 6.02. The second kappa shape index (κ2) is 10.9. The third-order valence-electron chi connectivity index (χ3n) is 5.20. The topological polar surface area (TPSA) is 34.2 Å². The van der Waals surface area contributed by atoms with Crippen LogP contribution in [-0.2, 0) is 6.42 Å². The molecule has 1 heterocycles. The van der Waals surface area contributed by atoms with E-state index in [9.17, 15) is 0 Å². The first kappa shape index (κ1) is 22.0. The zero-order chi connectivity index (χ0) is 20.6. The van der Waals surface area contributed by atoms with Crippen molar-refractivity contribution in [2.24, 2.45) is 0 Å². The number of nitrogens with zero attached hydrogens (tertiary/aromatic N) is 2. The molecule has 1 saturated heterocycles. The van der Waals surface area contributed by atoms with E-state index in [1.165, 1.54) is 5.56 Å². The molecule has 0 bridgehead atoms. The molecule has 3 rings (SSSR count). The van der Waals surface area contributed by atoms with Crippen LogP contribution in [0.2, 0.25) is 10.0 Å². The first-order valence-electron chi connectivity index (χ1n) is 9.82. The fourth-order valence-electron chi connectivity index (χ4n) is 3.42. The van der Waals surface area contributed by atoms with Crippen LogP contribution in [-0.4, -0.2) is 69.9 Å². The summed E-state index contributed by atoms with van der Waals surface area (Å²) in [5, 5.41) is 1.07. The van der Waals surface area contributed by atoms with E-state index >= 15 is 0 Å². The number of hydrogen-bond donors (Lipinski definition) is 0. The number of rotatable bonds is 9. The van der Waals surface area contributed by atoms with E-state index in [0.29, 0.717) is 16.7 Å². The quantitative estimate of drug-likeness (QED) is 0.584. The van der Waals surface area contributed by atoms with E-state index in [2.05, 4.69) is 21.9 Å². The predicted octanol–water partition coefficient (Wildman–Crippen LogP) is 4.25. The zero-order valence-corrected chi connectivity index (χ0v) is 18.5. The monoisotopic (exact) mass is 438 g/mol. The maximum absolute atomic E-state index is 6.02. The Morgan fingerprint density at radius 2 is 1.48 bits per heavy atom. The predicted molar refractivity (Wildman–Crippen MR) is 118 cm³/mol. The van der Waals surface area contributed by atoms with Crippen molar-refractivity contribution in [2.75, 3.05) is 60.1 Å². The summed E-state index contributed by atoms with van der Waals surface area (Å²) in [4.78, 5) is 4.94. The van der Waals surface area contributed by atoms with E-state index in [-0.39, 0.29) is 0 Å². The Morgan fingerprint density at radius 3 is 2.14 bits per heavy atom. The molecule has 2 aromatic carbocycles. The molecule has 1 fully saturated rings. The van der Waals surface area contributed by atoms with Gasteiger partial charge in [-0.15, -0.1) is 0 Å². The second-order valence-electron chi connectivity index (χ2n) is 7.05. The average molecular weight is 439 g/mol. The van der Waals surface area contributed by atoms with Crippen LogP contribution < -0.4 is 14.2 Å². The molecule has 0 unspecified atom stereocenters. The number of benzene rings is 2. The summed E-state index contributed by atoms with van der Waals surface area (Å²) in [5.74, 6) is 2.32. The van der Waals surface area contributed by atoms with Crippen LogP contribution in [0.15, 0.2) is 36.4 Å². The van der Waals surface area contributed by atoms with Crippen LogP contribution in [0.25, 0.3) is 0 Å². The summed E-state index contributed by atoms with van der Waals surface area (Å²) < 4.78 is 16.5. The van der Waals surface area contributed by atoms with Crippen molar-refractivity contribution in [1.29, 1.82) is 0 Å². The molecule has 0 N–H and O–H groups in total. The summed E-state index contributed by atoms with van der Waals surface area (Å²) in [6.07, 6.45) is 1.00. The van der Waals surface area contributed by atoms with Gasteiger partial charge in [-0.3, -0.25) is 4.90 Å². The van der Waals surface area contributed by atoms with Gasteiger partial charge in [-0.2, -0.15) is 0 Å². The van der Waals surface area contributed by atoms with Crippen LogP contribution in [0, 0.1) is 0 Å². The molecule has 0 amide bonds. The van der Waals surface area contributed by atoms with Crippen LogP contribution in [0.5, 0.6) is 17.2 Å². The molecule has 2 aromatic rings. The van der Waals surface area contributed by atoms with Gasteiger partial charge in [-0.1, -0.05) is 29.3 Å². The molecule has 7 heteroatoms. The van der Waals surface area contributed by atoms with Gasteiger partial charge < -0.3 is 19.1 Å². The van der Waals surface area contributed by atoms with Gasteiger partial charge in [0.25, 0.3) is 0 Å². The van der Waals surface area contributed by atoms with Gasteiger partial charge >= 0.3 is 0 Å². The molecule has 0 spiro atoms. The lowest BCUT2D eigenvalue weighted by atomic mass is 10.1. The lowest BCUT2D eigenvalue weighted by molar-refractivity contribution is 0.118. The van der Waals surface area contributed by atoms with Crippen LogP contribution in [0.1, 0.15) is 5.56 Å². The Bertz CT molecular complexity index is 796. The van der Waals surface area contributed by atoms with Gasteiger partial charge in [0.15, 0.2) is 11.5 Å². The highest BCUT2D eigenvalue weighted by Gasteiger charge is 2.17. The van der Waals surface area contributed by atoms with E-state index in [1.807, 2.05) is 12.1 Å². The van der Waals surface area contributed by atoms with Gasteiger partial charge in [0.05, 0.1) is 24.3 Å². The SMILES string of the molecule is COc1ccc(CCN2CCN(CCOc3ccc(Cl)c(Cl)c3)CC2)cc1OC. The molecule has 29 heavy (non-hydrogen) atoms. The van der Waals surface area contributed by atoms with Crippen molar-refractivity contribution in [3.05, 3.63) is 52.0 Å². The normalized spacial score (nSPS) is 15.3. The molecular formula is C22H28Cl2N2O3. The minimum Gasteiger partial charge on any atom is -0.493 e. The summed E-state index contributed by atoms with van der Waals surface area (Å²) >= 11 is 12.0. The lowest BCUT2D eigenvalue weighted by Crippen LogP contribution is -2.47. The summed E-state index contributed by atoms with van der Waals surface area (Å²) in [6, 6.07) is 11.5. The van der Waals surface area contributed by atoms with Gasteiger partial charge in [-0.05, 0) is 36.2 Å². The van der Waals surface area contributed by atoms with Gasteiger partial charge in [0.2, 0.25) is 0 Å². The molecular weight excluding hydrogens is 411 g/mol. The lowest BCUT2D eigenvalue weighted by Gasteiger charge is -2.34.